The molecular weight excluding hydrogens is 298 g/mol. The number of rotatable bonds is 3. The molecule has 4 aromatic rings. The Balaban J connectivity index is 1.74. The van der Waals surface area contributed by atoms with Crippen LogP contribution in [0, 0.1) is 0 Å². The quantitative estimate of drug-likeness (QED) is 0.553. The van der Waals surface area contributed by atoms with E-state index in [0.29, 0.717) is 11.8 Å². The van der Waals surface area contributed by atoms with E-state index in [1.807, 2.05) is 62.6 Å². The first-order valence-electron chi connectivity index (χ1n) is 7.82. The summed E-state index contributed by atoms with van der Waals surface area (Å²) in [6, 6.07) is 22.4. The molecule has 0 aliphatic rings. The molecule has 0 aliphatic carbocycles. The summed E-state index contributed by atoms with van der Waals surface area (Å²) in [5, 5.41) is 10.7. The summed E-state index contributed by atoms with van der Waals surface area (Å²) in [7, 11) is 4.03. The van der Waals surface area contributed by atoms with E-state index in [1.54, 1.807) is 0 Å². The van der Waals surface area contributed by atoms with Crippen LogP contribution in [-0.4, -0.2) is 24.3 Å². The molecular formula is C20H17N3O. The lowest BCUT2D eigenvalue weighted by atomic mass is 10.0. The van der Waals surface area contributed by atoms with Gasteiger partial charge in [-0.2, -0.15) is 0 Å². The van der Waals surface area contributed by atoms with Crippen molar-refractivity contribution in [2.75, 3.05) is 19.0 Å². The SMILES string of the molecule is CN(C)c1ccc(-c2nnc(-c3cccc4ccccc34)o2)cc1. The van der Waals surface area contributed by atoms with E-state index in [1.165, 1.54) is 0 Å². The van der Waals surface area contributed by atoms with Crippen molar-refractivity contribution < 1.29 is 4.42 Å². The molecule has 3 aromatic carbocycles. The maximum atomic E-state index is 5.93. The van der Waals surface area contributed by atoms with Crippen molar-refractivity contribution >= 4 is 16.5 Å². The van der Waals surface area contributed by atoms with Crippen molar-refractivity contribution in [3.8, 4) is 22.9 Å². The Morgan fingerprint density at radius 2 is 1.46 bits per heavy atom. The fourth-order valence-corrected chi connectivity index (χ4v) is 2.76. The van der Waals surface area contributed by atoms with Crippen molar-refractivity contribution in [1.82, 2.24) is 10.2 Å². The van der Waals surface area contributed by atoms with E-state index in [-0.39, 0.29) is 0 Å². The lowest BCUT2D eigenvalue weighted by molar-refractivity contribution is 0.585. The smallest absolute Gasteiger partial charge is 0.248 e. The minimum atomic E-state index is 0.531. The molecule has 0 saturated heterocycles. The summed E-state index contributed by atoms with van der Waals surface area (Å²) >= 11 is 0. The summed E-state index contributed by atoms with van der Waals surface area (Å²) in [6.45, 7) is 0. The molecule has 0 radical (unpaired) electrons. The van der Waals surface area contributed by atoms with Gasteiger partial charge in [-0.05, 0) is 41.1 Å². The highest BCUT2D eigenvalue weighted by Gasteiger charge is 2.13. The van der Waals surface area contributed by atoms with Gasteiger partial charge in [0, 0.05) is 30.9 Å². The molecule has 0 spiro atoms. The Morgan fingerprint density at radius 1 is 0.750 bits per heavy atom. The Labute approximate surface area is 140 Å². The van der Waals surface area contributed by atoms with Crippen molar-refractivity contribution in [3.63, 3.8) is 0 Å². The second-order valence-corrected chi connectivity index (χ2v) is 5.88. The number of anilines is 1. The van der Waals surface area contributed by atoms with Gasteiger partial charge in [0.05, 0.1) is 0 Å². The highest BCUT2D eigenvalue weighted by molar-refractivity contribution is 5.94. The minimum absolute atomic E-state index is 0.531. The molecule has 4 heteroatoms. The Hall–Kier alpha value is -3.14. The van der Waals surface area contributed by atoms with Gasteiger partial charge >= 0.3 is 0 Å². The first-order chi connectivity index (χ1) is 11.7. The average Bonchev–Trinajstić information content (AvgIpc) is 3.11. The van der Waals surface area contributed by atoms with Crippen molar-refractivity contribution in [1.29, 1.82) is 0 Å². The molecule has 1 aromatic heterocycles. The molecule has 24 heavy (non-hydrogen) atoms. The number of aromatic nitrogens is 2. The largest absolute Gasteiger partial charge is 0.416 e. The van der Waals surface area contributed by atoms with Crippen molar-refractivity contribution in [2.45, 2.75) is 0 Å². The number of hydrogen-bond acceptors (Lipinski definition) is 4. The first-order valence-corrected chi connectivity index (χ1v) is 7.82. The molecule has 0 aliphatic heterocycles. The summed E-state index contributed by atoms with van der Waals surface area (Å²) in [5.41, 5.74) is 3.00. The molecule has 0 atom stereocenters. The van der Waals surface area contributed by atoms with Crippen LogP contribution in [0.25, 0.3) is 33.7 Å². The molecule has 0 amide bonds. The van der Waals surface area contributed by atoms with E-state index >= 15 is 0 Å². The number of nitrogens with zero attached hydrogens (tertiary/aromatic N) is 3. The van der Waals surface area contributed by atoms with Gasteiger partial charge in [-0.15, -0.1) is 10.2 Å². The second kappa shape index (κ2) is 5.81. The third-order valence-corrected chi connectivity index (χ3v) is 4.08. The van der Waals surface area contributed by atoms with Gasteiger partial charge in [0.2, 0.25) is 11.8 Å². The number of benzene rings is 3. The fourth-order valence-electron chi connectivity index (χ4n) is 2.76. The molecule has 4 nitrogen and oxygen atoms in total. The normalized spacial score (nSPS) is 10.9. The summed E-state index contributed by atoms with van der Waals surface area (Å²) < 4.78 is 5.93. The van der Waals surface area contributed by atoms with Crippen LogP contribution in [0.5, 0.6) is 0 Å². The predicted octanol–water partition coefficient (Wildman–Crippen LogP) is 4.62. The van der Waals surface area contributed by atoms with Crippen LogP contribution in [0.1, 0.15) is 0 Å². The summed E-state index contributed by atoms with van der Waals surface area (Å²) in [6.07, 6.45) is 0. The van der Waals surface area contributed by atoms with Gasteiger partial charge in [-0.1, -0.05) is 36.4 Å². The second-order valence-electron chi connectivity index (χ2n) is 5.88. The maximum absolute atomic E-state index is 5.93. The zero-order valence-electron chi connectivity index (χ0n) is 13.6. The van der Waals surface area contributed by atoms with E-state index in [4.69, 9.17) is 4.42 Å². The van der Waals surface area contributed by atoms with E-state index < -0.39 is 0 Å². The van der Waals surface area contributed by atoms with E-state index in [2.05, 4.69) is 33.3 Å². The Morgan fingerprint density at radius 3 is 2.25 bits per heavy atom. The monoisotopic (exact) mass is 315 g/mol. The molecule has 0 N–H and O–H groups in total. The lowest BCUT2D eigenvalue weighted by Gasteiger charge is -2.11. The van der Waals surface area contributed by atoms with Crippen LogP contribution in [0.15, 0.2) is 71.1 Å². The van der Waals surface area contributed by atoms with Crippen LogP contribution >= 0.6 is 0 Å². The van der Waals surface area contributed by atoms with Gasteiger partial charge in [0.25, 0.3) is 0 Å². The zero-order valence-corrected chi connectivity index (χ0v) is 13.6. The molecule has 4 rings (SSSR count). The molecule has 118 valence electrons. The van der Waals surface area contributed by atoms with Crippen LogP contribution in [0.2, 0.25) is 0 Å². The Bertz CT molecular complexity index is 982. The first kappa shape index (κ1) is 14.5. The topological polar surface area (TPSA) is 42.2 Å². The zero-order chi connectivity index (χ0) is 16.5. The van der Waals surface area contributed by atoms with E-state index in [9.17, 15) is 0 Å². The number of hydrogen-bond donors (Lipinski definition) is 0. The molecule has 0 unspecified atom stereocenters. The van der Waals surface area contributed by atoms with E-state index in [0.717, 1.165) is 27.6 Å². The number of fused-ring (bicyclic) bond motifs is 1. The van der Waals surface area contributed by atoms with Crippen LogP contribution < -0.4 is 4.90 Å². The molecule has 0 saturated carbocycles. The van der Waals surface area contributed by atoms with Crippen molar-refractivity contribution in [2.24, 2.45) is 0 Å². The van der Waals surface area contributed by atoms with Gasteiger partial charge in [-0.25, -0.2) is 0 Å². The summed E-state index contributed by atoms with van der Waals surface area (Å²) in [5.74, 6) is 1.07. The maximum Gasteiger partial charge on any atom is 0.248 e. The predicted molar refractivity (Wildman–Crippen MR) is 97.0 cm³/mol. The standard InChI is InChI=1S/C20H17N3O/c1-23(2)16-12-10-15(11-13-16)19-21-22-20(24-19)18-9-5-7-14-6-3-4-8-17(14)18/h3-13H,1-2H3. The molecule has 1 heterocycles. The fraction of sp³-hybridized carbons (Fsp3) is 0.100. The highest BCUT2D eigenvalue weighted by atomic mass is 16.4. The summed E-state index contributed by atoms with van der Waals surface area (Å²) in [4.78, 5) is 2.05. The molecule has 0 fully saturated rings. The van der Waals surface area contributed by atoms with Gasteiger partial charge in [0.15, 0.2) is 0 Å². The average molecular weight is 315 g/mol. The minimum Gasteiger partial charge on any atom is -0.416 e. The third kappa shape index (κ3) is 2.52. The lowest BCUT2D eigenvalue weighted by Crippen LogP contribution is -2.07. The highest BCUT2D eigenvalue weighted by Crippen LogP contribution is 2.30. The van der Waals surface area contributed by atoms with Crippen LogP contribution in [0.3, 0.4) is 0 Å². The van der Waals surface area contributed by atoms with Gasteiger partial charge in [0.1, 0.15) is 0 Å². The third-order valence-electron chi connectivity index (χ3n) is 4.08. The van der Waals surface area contributed by atoms with Crippen LogP contribution in [0.4, 0.5) is 5.69 Å². The van der Waals surface area contributed by atoms with Gasteiger partial charge < -0.3 is 9.32 Å². The van der Waals surface area contributed by atoms with Gasteiger partial charge in [-0.3, -0.25) is 0 Å². The van der Waals surface area contributed by atoms with Crippen molar-refractivity contribution in [3.05, 3.63) is 66.7 Å². The Kier molecular flexibility index (Phi) is 3.50. The molecule has 0 bridgehead atoms. The van der Waals surface area contributed by atoms with Crippen LogP contribution in [-0.2, 0) is 0 Å².